The molecule has 0 unspecified atom stereocenters. The molecule has 1 aromatic heterocycles. The number of benzene rings is 1. The van der Waals surface area contributed by atoms with E-state index < -0.39 is 16.0 Å². The van der Waals surface area contributed by atoms with Crippen LogP contribution >= 0.6 is 11.6 Å². The molecule has 1 aromatic carbocycles. The summed E-state index contributed by atoms with van der Waals surface area (Å²) in [5, 5.41) is 8.94. The Labute approximate surface area is 126 Å². The van der Waals surface area contributed by atoms with Crippen LogP contribution in [0.2, 0.25) is 5.02 Å². The minimum absolute atomic E-state index is 0.0182. The second-order valence-electron chi connectivity index (χ2n) is 4.11. The summed E-state index contributed by atoms with van der Waals surface area (Å²) in [7, 11) is -3.83. The molecule has 2 aromatic rings. The highest BCUT2D eigenvalue weighted by Gasteiger charge is 2.16. The van der Waals surface area contributed by atoms with Gasteiger partial charge in [-0.25, -0.2) is 22.9 Å². The first-order valence-electron chi connectivity index (χ1n) is 5.82. The van der Waals surface area contributed by atoms with Gasteiger partial charge in [-0.05, 0) is 23.8 Å². The highest BCUT2D eigenvalue weighted by Crippen LogP contribution is 2.15. The van der Waals surface area contributed by atoms with Crippen molar-refractivity contribution < 1.29 is 18.3 Å². The van der Waals surface area contributed by atoms with Crippen LogP contribution < -0.4 is 4.72 Å². The normalized spacial score (nSPS) is 11.3. The van der Waals surface area contributed by atoms with Crippen molar-refractivity contribution in [3.05, 3.63) is 58.7 Å². The molecule has 0 aliphatic carbocycles. The lowest BCUT2D eigenvalue weighted by molar-refractivity contribution is 0.0696. The van der Waals surface area contributed by atoms with Crippen molar-refractivity contribution in [1.29, 1.82) is 0 Å². The molecular weight excluding hydrogens is 316 g/mol. The number of carboxylic acid groups (broad SMARTS) is 1. The lowest BCUT2D eigenvalue weighted by Crippen LogP contribution is -2.24. The first-order chi connectivity index (χ1) is 9.90. The monoisotopic (exact) mass is 326 g/mol. The van der Waals surface area contributed by atoms with Gasteiger partial charge in [0, 0.05) is 17.8 Å². The van der Waals surface area contributed by atoms with Gasteiger partial charge in [0.05, 0.1) is 5.56 Å². The minimum Gasteiger partial charge on any atom is -0.478 e. The third-order valence-corrected chi connectivity index (χ3v) is 4.35. The fraction of sp³-hybridized carbons (Fsp3) is 0.0769. The van der Waals surface area contributed by atoms with Crippen molar-refractivity contribution in [1.82, 2.24) is 9.71 Å². The Morgan fingerprint density at radius 1 is 1.24 bits per heavy atom. The fourth-order valence-corrected chi connectivity index (χ4v) is 2.69. The Kier molecular flexibility index (Phi) is 4.56. The second-order valence-corrected chi connectivity index (χ2v) is 6.23. The maximum Gasteiger partial charge on any atom is 0.337 e. The Bertz CT molecular complexity index is 760. The summed E-state index contributed by atoms with van der Waals surface area (Å²) >= 11 is 5.94. The number of nitrogens with one attached hydrogen (secondary N) is 1. The van der Waals surface area contributed by atoms with Crippen LogP contribution in [0.25, 0.3) is 0 Å². The van der Waals surface area contributed by atoms with E-state index in [2.05, 4.69) is 9.71 Å². The smallest absolute Gasteiger partial charge is 0.337 e. The third-order valence-electron chi connectivity index (χ3n) is 2.67. The topological polar surface area (TPSA) is 96.4 Å². The van der Waals surface area contributed by atoms with Gasteiger partial charge >= 0.3 is 5.97 Å². The van der Waals surface area contributed by atoms with Gasteiger partial charge in [-0.2, -0.15) is 0 Å². The first kappa shape index (κ1) is 15.4. The number of pyridine rings is 1. The molecule has 110 valence electrons. The molecule has 0 spiro atoms. The van der Waals surface area contributed by atoms with E-state index in [1.807, 2.05) is 0 Å². The van der Waals surface area contributed by atoms with E-state index in [-0.39, 0.29) is 17.1 Å². The average Bonchev–Trinajstić information content (AvgIpc) is 2.46. The Balaban J connectivity index is 2.15. The molecule has 0 atom stereocenters. The molecule has 2 rings (SSSR count). The van der Waals surface area contributed by atoms with Crippen LogP contribution in [-0.4, -0.2) is 24.5 Å². The predicted molar refractivity (Wildman–Crippen MR) is 76.7 cm³/mol. The maximum absolute atomic E-state index is 12.0. The van der Waals surface area contributed by atoms with Crippen LogP contribution in [0, 0.1) is 0 Å². The van der Waals surface area contributed by atoms with Crippen molar-refractivity contribution in [2.45, 2.75) is 11.6 Å². The average molecular weight is 327 g/mol. The van der Waals surface area contributed by atoms with E-state index in [1.54, 1.807) is 24.3 Å². The summed E-state index contributed by atoms with van der Waals surface area (Å²) < 4.78 is 26.4. The summed E-state index contributed by atoms with van der Waals surface area (Å²) in [6.07, 6.45) is 0.992. The van der Waals surface area contributed by atoms with Crippen LogP contribution in [0.15, 0.2) is 47.6 Å². The molecule has 1 heterocycles. The molecule has 8 heteroatoms. The lowest BCUT2D eigenvalue weighted by atomic mass is 10.2. The first-order valence-corrected chi connectivity index (χ1v) is 7.69. The molecule has 0 bridgehead atoms. The molecule has 0 radical (unpaired) electrons. The molecule has 21 heavy (non-hydrogen) atoms. The zero-order valence-electron chi connectivity index (χ0n) is 10.7. The van der Waals surface area contributed by atoms with Gasteiger partial charge < -0.3 is 5.11 Å². The summed E-state index contributed by atoms with van der Waals surface area (Å²) in [5.41, 5.74) is 0.546. The molecule has 2 N–H and O–H groups in total. The minimum atomic E-state index is -3.83. The number of carbonyl (C=O) groups is 1. The second kappa shape index (κ2) is 6.21. The van der Waals surface area contributed by atoms with Gasteiger partial charge in [0.25, 0.3) is 10.0 Å². The van der Waals surface area contributed by atoms with E-state index >= 15 is 0 Å². The van der Waals surface area contributed by atoms with Crippen molar-refractivity contribution in [3.8, 4) is 0 Å². The predicted octanol–water partition coefficient (Wildman–Crippen LogP) is 1.91. The number of nitrogens with zero attached hydrogens (tertiary/aromatic N) is 1. The SMILES string of the molecule is O=C(O)c1ccc(S(=O)(=O)NCc2ccccc2Cl)nc1. The molecular formula is C13H11ClN2O4S. The highest BCUT2D eigenvalue weighted by molar-refractivity contribution is 7.89. The number of hydrogen-bond donors (Lipinski definition) is 2. The van der Waals surface area contributed by atoms with E-state index in [9.17, 15) is 13.2 Å². The number of sulfonamides is 1. The molecule has 0 aliphatic heterocycles. The molecule has 0 saturated heterocycles. The van der Waals surface area contributed by atoms with Crippen LogP contribution in [0.5, 0.6) is 0 Å². The van der Waals surface area contributed by atoms with Gasteiger partial charge in [-0.15, -0.1) is 0 Å². The summed E-state index contributed by atoms with van der Waals surface area (Å²) in [5.74, 6) is -1.17. The van der Waals surface area contributed by atoms with Crippen molar-refractivity contribution in [2.24, 2.45) is 0 Å². The van der Waals surface area contributed by atoms with Gasteiger partial charge in [0.1, 0.15) is 0 Å². The summed E-state index contributed by atoms with van der Waals surface area (Å²) in [4.78, 5) is 14.3. The van der Waals surface area contributed by atoms with Gasteiger partial charge in [0.2, 0.25) is 0 Å². The number of aromatic nitrogens is 1. The number of hydrogen-bond acceptors (Lipinski definition) is 4. The molecule has 6 nitrogen and oxygen atoms in total. The zero-order chi connectivity index (χ0) is 15.5. The number of carboxylic acids is 1. The fourth-order valence-electron chi connectivity index (χ4n) is 1.55. The number of aromatic carboxylic acids is 1. The van der Waals surface area contributed by atoms with Crippen molar-refractivity contribution in [3.63, 3.8) is 0 Å². The third kappa shape index (κ3) is 3.78. The van der Waals surface area contributed by atoms with E-state index in [0.29, 0.717) is 10.6 Å². The standard InChI is InChI=1S/C13H11ClN2O4S/c14-11-4-2-1-3-9(11)8-16-21(19,20)12-6-5-10(7-15-12)13(17)18/h1-7,16H,8H2,(H,17,18). The Morgan fingerprint density at radius 3 is 2.52 bits per heavy atom. The zero-order valence-corrected chi connectivity index (χ0v) is 12.2. The van der Waals surface area contributed by atoms with Gasteiger partial charge in [0.15, 0.2) is 5.03 Å². The molecule has 0 aliphatic rings. The van der Waals surface area contributed by atoms with E-state index in [0.717, 1.165) is 12.3 Å². The number of rotatable bonds is 5. The van der Waals surface area contributed by atoms with Crippen LogP contribution in [-0.2, 0) is 16.6 Å². The summed E-state index contributed by atoms with van der Waals surface area (Å²) in [6.45, 7) is 0.0182. The van der Waals surface area contributed by atoms with Crippen LogP contribution in [0.4, 0.5) is 0 Å². The Morgan fingerprint density at radius 2 is 1.95 bits per heavy atom. The van der Waals surface area contributed by atoms with Crippen LogP contribution in [0.1, 0.15) is 15.9 Å². The van der Waals surface area contributed by atoms with Crippen molar-refractivity contribution >= 4 is 27.6 Å². The van der Waals surface area contributed by atoms with Crippen LogP contribution in [0.3, 0.4) is 0 Å². The highest BCUT2D eigenvalue weighted by atomic mass is 35.5. The van der Waals surface area contributed by atoms with Gasteiger partial charge in [-0.1, -0.05) is 29.8 Å². The van der Waals surface area contributed by atoms with Gasteiger partial charge in [-0.3, -0.25) is 0 Å². The lowest BCUT2D eigenvalue weighted by Gasteiger charge is -2.07. The van der Waals surface area contributed by atoms with E-state index in [1.165, 1.54) is 6.07 Å². The molecule has 0 saturated carbocycles. The summed E-state index contributed by atoms with van der Waals surface area (Å²) in [6, 6.07) is 9.16. The quantitative estimate of drug-likeness (QED) is 0.875. The van der Waals surface area contributed by atoms with E-state index in [4.69, 9.17) is 16.7 Å². The largest absolute Gasteiger partial charge is 0.478 e. The molecule has 0 amide bonds. The maximum atomic E-state index is 12.0. The Hall–Kier alpha value is -1.96. The molecule has 0 fully saturated rings. The van der Waals surface area contributed by atoms with Crippen molar-refractivity contribution in [2.75, 3.05) is 0 Å². The number of halogens is 1.